The average molecular weight is 417 g/mol. The van der Waals surface area contributed by atoms with Crippen LogP contribution in [0.3, 0.4) is 0 Å². The molecule has 158 valence electrons. The molecule has 0 bridgehead atoms. The monoisotopic (exact) mass is 417 g/mol. The van der Waals surface area contributed by atoms with Crippen molar-refractivity contribution in [2.45, 2.75) is 19.1 Å². The SMILES string of the molecule is COc1ccc(COC(=O)N[C@@H](CC(N)=O)C(=O)Oc2ccc([N+](=O)[O-])cc2)cc1. The number of amides is 2. The van der Waals surface area contributed by atoms with E-state index in [1.807, 2.05) is 0 Å². The van der Waals surface area contributed by atoms with Gasteiger partial charge in [0.05, 0.1) is 18.5 Å². The molecule has 0 fully saturated rings. The summed E-state index contributed by atoms with van der Waals surface area (Å²) in [7, 11) is 1.52. The number of carbonyl (C=O) groups excluding carboxylic acids is 3. The van der Waals surface area contributed by atoms with E-state index in [0.717, 1.165) is 12.1 Å². The van der Waals surface area contributed by atoms with Crippen LogP contribution in [0.4, 0.5) is 10.5 Å². The largest absolute Gasteiger partial charge is 0.497 e. The van der Waals surface area contributed by atoms with Gasteiger partial charge in [0.25, 0.3) is 5.69 Å². The number of nitro benzene ring substituents is 1. The molecule has 0 aliphatic heterocycles. The van der Waals surface area contributed by atoms with Gasteiger partial charge in [-0.2, -0.15) is 0 Å². The molecule has 0 aliphatic carbocycles. The second-order valence-electron chi connectivity index (χ2n) is 5.96. The summed E-state index contributed by atoms with van der Waals surface area (Å²) in [6, 6.07) is 10.1. The number of nitrogens with zero attached hydrogens (tertiary/aromatic N) is 1. The summed E-state index contributed by atoms with van der Waals surface area (Å²) < 4.78 is 15.1. The maximum Gasteiger partial charge on any atom is 0.408 e. The van der Waals surface area contributed by atoms with Crippen molar-refractivity contribution in [3.8, 4) is 11.5 Å². The summed E-state index contributed by atoms with van der Waals surface area (Å²) in [4.78, 5) is 45.6. The third-order valence-corrected chi connectivity index (χ3v) is 3.78. The van der Waals surface area contributed by atoms with E-state index >= 15 is 0 Å². The van der Waals surface area contributed by atoms with Crippen LogP contribution in [0.15, 0.2) is 48.5 Å². The predicted molar refractivity (Wildman–Crippen MR) is 103 cm³/mol. The highest BCUT2D eigenvalue weighted by molar-refractivity contribution is 5.88. The predicted octanol–water partition coefficient (Wildman–Crippen LogP) is 1.68. The number of esters is 1. The third-order valence-electron chi connectivity index (χ3n) is 3.78. The number of non-ortho nitro benzene ring substituents is 1. The zero-order valence-electron chi connectivity index (χ0n) is 15.9. The first-order chi connectivity index (χ1) is 14.3. The second-order valence-corrected chi connectivity index (χ2v) is 5.96. The molecule has 11 heteroatoms. The smallest absolute Gasteiger partial charge is 0.408 e. The Labute approximate surface area is 170 Å². The minimum absolute atomic E-state index is 0.00605. The maximum atomic E-state index is 12.3. The van der Waals surface area contributed by atoms with Crippen LogP contribution in [-0.2, 0) is 20.9 Å². The fourth-order valence-corrected chi connectivity index (χ4v) is 2.27. The van der Waals surface area contributed by atoms with Crippen molar-refractivity contribution in [2.75, 3.05) is 7.11 Å². The third kappa shape index (κ3) is 6.78. The van der Waals surface area contributed by atoms with E-state index in [0.29, 0.717) is 11.3 Å². The van der Waals surface area contributed by atoms with Crippen LogP contribution >= 0.6 is 0 Å². The second kappa shape index (κ2) is 10.4. The van der Waals surface area contributed by atoms with Crippen LogP contribution in [-0.4, -0.2) is 36.0 Å². The molecule has 2 rings (SSSR count). The summed E-state index contributed by atoms with van der Waals surface area (Å²) in [6.45, 7) is -0.0868. The van der Waals surface area contributed by atoms with E-state index < -0.39 is 35.4 Å². The van der Waals surface area contributed by atoms with Gasteiger partial charge in [-0.25, -0.2) is 9.59 Å². The Morgan fingerprint density at radius 1 is 1.07 bits per heavy atom. The maximum absolute atomic E-state index is 12.3. The number of rotatable bonds is 9. The molecule has 0 spiro atoms. The number of hydrogen-bond acceptors (Lipinski definition) is 8. The van der Waals surface area contributed by atoms with Crippen molar-refractivity contribution < 1.29 is 33.5 Å². The molecule has 2 amide bonds. The Morgan fingerprint density at radius 3 is 2.20 bits per heavy atom. The van der Waals surface area contributed by atoms with E-state index in [4.69, 9.17) is 19.9 Å². The van der Waals surface area contributed by atoms with Gasteiger partial charge in [-0.3, -0.25) is 14.9 Å². The molecule has 0 heterocycles. The average Bonchev–Trinajstić information content (AvgIpc) is 2.72. The van der Waals surface area contributed by atoms with Crippen molar-refractivity contribution in [2.24, 2.45) is 5.73 Å². The van der Waals surface area contributed by atoms with Crippen LogP contribution in [0, 0.1) is 10.1 Å². The van der Waals surface area contributed by atoms with Crippen LogP contribution in [0.25, 0.3) is 0 Å². The fraction of sp³-hybridized carbons (Fsp3) is 0.211. The molecule has 0 saturated heterocycles. The number of alkyl carbamates (subject to hydrolysis) is 1. The lowest BCUT2D eigenvalue weighted by Crippen LogP contribution is -2.45. The molecular formula is C19H19N3O8. The molecular weight excluding hydrogens is 398 g/mol. The Bertz CT molecular complexity index is 912. The topological polar surface area (TPSA) is 160 Å². The van der Waals surface area contributed by atoms with E-state index in [-0.39, 0.29) is 18.0 Å². The van der Waals surface area contributed by atoms with Crippen molar-refractivity contribution >= 4 is 23.7 Å². The Morgan fingerprint density at radius 2 is 1.67 bits per heavy atom. The quantitative estimate of drug-likeness (QED) is 0.270. The van der Waals surface area contributed by atoms with E-state index in [1.165, 1.54) is 19.2 Å². The summed E-state index contributed by atoms with van der Waals surface area (Å²) in [5, 5.41) is 12.9. The molecule has 1 atom stereocenters. The lowest BCUT2D eigenvalue weighted by molar-refractivity contribution is -0.384. The number of carbonyl (C=O) groups is 3. The Kier molecular flexibility index (Phi) is 7.68. The first-order valence-electron chi connectivity index (χ1n) is 8.59. The van der Waals surface area contributed by atoms with Gasteiger partial charge in [0.2, 0.25) is 5.91 Å². The number of nitro groups is 1. The molecule has 0 aromatic heterocycles. The van der Waals surface area contributed by atoms with Gasteiger partial charge in [0.1, 0.15) is 24.1 Å². The molecule has 0 radical (unpaired) electrons. The number of ether oxygens (including phenoxy) is 3. The molecule has 3 N–H and O–H groups in total. The van der Waals surface area contributed by atoms with Gasteiger partial charge in [-0.1, -0.05) is 12.1 Å². The highest BCUT2D eigenvalue weighted by Crippen LogP contribution is 2.18. The summed E-state index contributed by atoms with van der Waals surface area (Å²) in [5.41, 5.74) is 5.60. The molecule has 30 heavy (non-hydrogen) atoms. The Hall–Kier alpha value is -4.15. The minimum atomic E-state index is -1.40. The van der Waals surface area contributed by atoms with Gasteiger partial charge >= 0.3 is 12.1 Å². The lowest BCUT2D eigenvalue weighted by Gasteiger charge is -2.16. The zero-order chi connectivity index (χ0) is 22.1. The fourth-order valence-electron chi connectivity index (χ4n) is 2.27. The van der Waals surface area contributed by atoms with Gasteiger partial charge in [-0.15, -0.1) is 0 Å². The number of methoxy groups -OCH3 is 1. The molecule has 0 aliphatic rings. The molecule has 0 saturated carbocycles. The molecule has 11 nitrogen and oxygen atoms in total. The first kappa shape index (κ1) is 22.1. The normalized spacial score (nSPS) is 11.1. The van der Waals surface area contributed by atoms with Gasteiger partial charge in [0, 0.05) is 12.1 Å². The number of primary amides is 1. The van der Waals surface area contributed by atoms with Gasteiger partial charge in [0.15, 0.2) is 0 Å². The molecule has 2 aromatic rings. The minimum Gasteiger partial charge on any atom is -0.497 e. The zero-order valence-corrected chi connectivity index (χ0v) is 15.9. The van der Waals surface area contributed by atoms with Crippen molar-refractivity contribution in [1.82, 2.24) is 5.32 Å². The van der Waals surface area contributed by atoms with E-state index in [1.54, 1.807) is 24.3 Å². The standard InChI is InChI=1S/C19H19N3O8/c1-28-14-6-2-12(3-7-14)11-29-19(25)21-16(10-17(20)23)18(24)30-15-8-4-13(5-9-15)22(26)27/h2-9,16H,10-11H2,1H3,(H2,20,23)(H,21,25)/t16-/m0/s1. The van der Waals surface area contributed by atoms with E-state index in [2.05, 4.69) is 5.32 Å². The van der Waals surface area contributed by atoms with Crippen LogP contribution in [0.2, 0.25) is 0 Å². The van der Waals surface area contributed by atoms with Crippen molar-refractivity contribution in [3.05, 3.63) is 64.2 Å². The number of hydrogen-bond donors (Lipinski definition) is 2. The number of nitrogens with two attached hydrogens (primary N) is 1. The Balaban J connectivity index is 1.95. The van der Waals surface area contributed by atoms with Gasteiger partial charge < -0.3 is 25.3 Å². The summed E-state index contributed by atoms with van der Waals surface area (Å²) in [5.74, 6) is -1.20. The van der Waals surface area contributed by atoms with Gasteiger partial charge in [-0.05, 0) is 29.8 Å². The molecule has 0 unspecified atom stereocenters. The van der Waals surface area contributed by atoms with Crippen LogP contribution in [0.5, 0.6) is 11.5 Å². The van der Waals surface area contributed by atoms with Crippen molar-refractivity contribution in [1.29, 1.82) is 0 Å². The number of benzene rings is 2. The van der Waals surface area contributed by atoms with Crippen molar-refractivity contribution in [3.63, 3.8) is 0 Å². The highest BCUT2D eigenvalue weighted by atomic mass is 16.6. The number of nitrogens with one attached hydrogen (secondary N) is 1. The first-order valence-corrected chi connectivity index (χ1v) is 8.59. The molecule has 2 aromatic carbocycles. The summed E-state index contributed by atoms with van der Waals surface area (Å²) in [6.07, 6.45) is -1.48. The summed E-state index contributed by atoms with van der Waals surface area (Å²) >= 11 is 0. The highest BCUT2D eigenvalue weighted by Gasteiger charge is 2.26. The van der Waals surface area contributed by atoms with Crippen LogP contribution in [0.1, 0.15) is 12.0 Å². The lowest BCUT2D eigenvalue weighted by atomic mass is 10.2. The van der Waals surface area contributed by atoms with E-state index in [9.17, 15) is 24.5 Å². The van der Waals surface area contributed by atoms with Crippen LogP contribution < -0.4 is 20.5 Å².